The van der Waals surface area contributed by atoms with E-state index in [0.29, 0.717) is 31.0 Å². The zero-order valence-corrected chi connectivity index (χ0v) is 15.5. The number of halogens is 1. The number of carbonyl (C=O) groups excluding carboxylic acids is 1. The summed E-state index contributed by atoms with van der Waals surface area (Å²) in [5.74, 6) is -0.301. The summed E-state index contributed by atoms with van der Waals surface area (Å²) in [6.45, 7) is 0.835. The first kappa shape index (κ1) is 18.7. The van der Waals surface area contributed by atoms with Crippen molar-refractivity contribution in [1.29, 1.82) is 0 Å². The Morgan fingerprint density at radius 1 is 1.08 bits per heavy atom. The third-order valence-corrected chi connectivity index (χ3v) is 6.15. The SMILES string of the molecule is O=C(c1ccccc1O)N1CCC(NS(=O)(=O)c2ccc(Cl)cc2)CC1. The van der Waals surface area contributed by atoms with Gasteiger partial charge in [-0.3, -0.25) is 4.79 Å². The lowest BCUT2D eigenvalue weighted by molar-refractivity contribution is 0.0708. The maximum Gasteiger partial charge on any atom is 0.257 e. The molecule has 1 heterocycles. The largest absolute Gasteiger partial charge is 0.507 e. The van der Waals surface area contributed by atoms with Gasteiger partial charge in [0.15, 0.2) is 0 Å². The number of rotatable bonds is 4. The first-order valence-corrected chi connectivity index (χ1v) is 10.1. The standard InChI is InChI=1S/C18H19ClN2O4S/c19-13-5-7-15(8-6-13)26(24,25)20-14-9-11-21(12-10-14)18(23)16-3-1-2-4-17(16)22/h1-8,14,20,22H,9-12H2. The van der Waals surface area contributed by atoms with Crippen molar-refractivity contribution >= 4 is 27.5 Å². The fraction of sp³-hybridized carbons (Fsp3) is 0.278. The molecule has 1 aliphatic heterocycles. The normalized spacial score (nSPS) is 15.8. The van der Waals surface area contributed by atoms with Crippen LogP contribution in [0.15, 0.2) is 53.4 Å². The highest BCUT2D eigenvalue weighted by Gasteiger charge is 2.28. The van der Waals surface area contributed by atoms with E-state index >= 15 is 0 Å². The number of benzene rings is 2. The van der Waals surface area contributed by atoms with Gasteiger partial charge in [-0.15, -0.1) is 0 Å². The number of carbonyl (C=O) groups is 1. The van der Waals surface area contributed by atoms with E-state index in [1.165, 1.54) is 30.3 Å². The van der Waals surface area contributed by atoms with Crippen molar-refractivity contribution in [3.8, 4) is 5.75 Å². The van der Waals surface area contributed by atoms with E-state index < -0.39 is 10.0 Å². The molecule has 1 fully saturated rings. The van der Waals surface area contributed by atoms with Crippen LogP contribution >= 0.6 is 11.6 Å². The molecule has 0 spiro atoms. The molecule has 6 nitrogen and oxygen atoms in total. The van der Waals surface area contributed by atoms with Crippen molar-refractivity contribution in [3.05, 3.63) is 59.1 Å². The minimum Gasteiger partial charge on any atom is -0.507 e. The molecule has 0 aliphatic carbocycles. The number of phenolic OH excluding ortho intramolecular Hbond substituents is 1. The Bertz CT molecular complexity index is 892. The molecule has 2 aromatic rings. The van der Waals surface area contributed by atoms with Crippen LogP contribution in [0.1, 0.15) is 23.2 Å². The number of phenols is 1. The Hall–Kier alpha value is -2.09. The van der Waals surface area contributed by atoms with Gasteiger partial charge in [-0.1, -0.05) is 23.7 Å². The summed E-state index contributed by atoms with van der Waals surface area (Å²) in [4.78, 5) is 14.3. The maximum absolute atomic E-state index is 12.5. The molecule has 2 aromatic carbocycles. The Morgan fingerprint density at radius 3 is 2.31 bits per heavy atom. The van der Waals surface area contributed by atoms with Crippen LogP contribution in [-0.2, 0) is 10.0 Å². The van der Waals surface area contributed by atoms with Crippen molar-refractivity contribution in [3.63, 3.8) is 0 Å². The Morgan fingerprint density at radius 2 is 1.69 bits per heavy atom. The molecule has 1 amide bonds. The number of hydrogen-bond acceptors (Lipinski definition) is 4. The fourth-order valence-corrected chi connectivity index (χ4v) is 4.36. The minimum atomic E-state index is -3.63. The van der Waals surface area contributed by atoms with Crippen LogP contribution in [0, 0.1) is 0 Å². The second kappa shape index (κ2) is 7.65. The molecule has 26 heavy (non-hydrogen) atoms. The second-order valence-electron chi connectivity index (χ2n) is 6.16. The van der Waals surface area contributed by atoms with Gasteiger partial charge in [-0.05, 0) is 49.2 Å². The number of nitrogens with zero attached hydrogens (tertiary/aromatic N) is 1. The zero-order chi connectivity index (χ0) is 18.7. The predicted molar refractivity (Wildman–Crippen MR) is 98.8 cm³/mol. The maximum atomic E-state index is 12.5. The molecule has 0 unspecified atom stereocenters. The van der Waals surface area contributed by atoms with Crippen molar-refractivity contribution in [2.75, 3.05) is 13.1 Å². The lowest BCUT2D eigenvalue weighted by atomic mass is 10.0. The van der Waals surface area contributed by atoms with Crippen LogP contribution < -0.4 is 4.72 Å². The fourth-order valence-electron chi connectivity index (χ4n) is 2.93. The first-order valence-electron chi connectivity index (χ1n) is 8.22. The third kappa shape index (κ3) is 4.17. The molecule has 3 rings (SSSR count). The van der Waals surface area contributed by atoms with Crippen molar-refractivity contribution in [1.82, 2.24) is 9.62 Å². The molecular weight excluding hydrogens is 376 g/mol. The summed E-state index contributed by atoms with van der Waals surface area (Å²) in [5, 5.41) is 10.3. The second-order valence-corrected chi connectivity index (χ2v) is 8.31. The summed E-state index contributed by atoms with van der Waals surface area (Å²) >= 11 is 5.79. The number of amides is 1. The quantitative estimate of drug-likeness (QED) is 0.834. The molecule has 0 radical (unpaired) electrons. The van der Waals surface area contributed by atoms with E-state index in [4.69, 9.17) is 11.6 Å². The highest BCUT2D eigenvalue weighted by Crippen LogP contribution is 2.21. The van der Waals surface area contributed by atoms with Gasteiger partial charge in [0, 0.05) is 24.2 Å². The highest BCUT2D eigenvalue weighted by molar-refractivity contribution is 7.89. The average molecular weight is 395 g/mol. The number of likely N-dealkylation sites (tertiary alicyclic amines) is 1. The summed E-state index contributed by atoms with van der Waals surface area (Å²) in [7, 11) is -3.63. The zero-order valence-electron chi connectivity index (χ0n) is 13.9. The Kier molecular flexibility index (Phi) is 5.50. The number of para-hydroxylation sites is 1. The molecule has 0 aromatic heterocycles. The molecule has 1 saturated heterocycles. The minimum absolute atomic E-state index is 0.0527. The van der Waals surface area contributed by atoms with Crippen LogP contribution in [0.3, 0.4) is 0 Å². The van der Waals surface area contributed by atoms with E-state index in [1.807, 2.05) is 0 Å². The summed E-state index contributed by atoms with van der Waals surface area (Å²) < 4.78 is 27.5. The van der Waals surface area contributed by atoms with E-state index in [9.17, 15) is 18.3 Å². The van der Waals surface area contributed by atoms with Crippen LogP contribution in [0.4, 0.5) is 0 Å². The summed E-state index contributed by atoms with van der Waals surface area (Å²) in [6, 6.07) is 12.1. The number of hydrogen-bond donors (Lipinski definition) is 2. The van der Waals surface area contributed by atoms with Gasteiger partial charge in [-0.25, -0.2) is 13.1 Å². The van der Waals surface area contributed by atoms with Gasteiger partial charge in [0.2, 0.25) is 10.0 Å². The van der Waals surface area contributed by atoms with Gasteiger partial charge in [0.05, 0.1) is 10.5 Å². The molecule has 138 valence electrons. The lowest BCUT2D eigenvalue weighted by Gasteiger charge is -2.32. The molecule has 0 saturated carbocycles. The summed E-state index contributed by atoms with van der Waals surface area (Å²) in [5.41, 5.74) is 0.257. The van der Waals surface area contributed by atoms with Crippen molar-refractivity contribution in [2.24, 2.45) is 0 Å². The number of piperidine rings is 1. The molecular formula is C18H19ClN2O4S. The van der Waals surface area contributed by atoms with Crippen LogP contribution in [0.2, 0.25) is 5.02 Å². The lowest BCUT2D eigenvalue weighted by Crippen LogP contribution is -2.46. The van der Waals surface area contributed by atoms with E-state index in [2.05, 4.69) is 4.72 Å². The monoisotopic (exact) mass is 394 g/mol. The number of nitrogens with one attached hydrogen (secondary N) is 1. The topological polar surface area (TPSA) is 86.7 Å². The molecule has 0 bridgehead atoms. The molecule has 1 aliphatic rings. The van der Waals surface area contributed by atoms with Gasteiger partial charge < -0.3 is 10.0 Å². The van der Waals surface area contributed by atoms with Crippen LogP contribution in [0.25, 0.3) is 0 Å². The van der Waals surface area contributed by atoms with Crippen molar-refractivity contribution < 1.29 is 18.3 Å². The van der Waals surface area contributed by atoms with Crippen molar-refractivity contribution in [2.45, 2.75) is 23.8 Å². The predicted octanol–water partition coefficient (Wildman–Crippen LogP) is 2.63. The van der Waals surface area contributed by atoms with Gasteiger partial charge in [-0.2, -0.15) is 0 Å². The van der Waals surface area contributed by atoms with Gasteiger partial charge >= 0.3 is 0 Å². The van der Waals surface area contributed by atoms with E-state index in [1.54, 1.807) is 23.1 Å². The number of sulfonamides is 1. The summed E-state index contributed by atoms with van der Waals surface area (Å²) in [6.07, 6.45) is 1.01. The molecule has 2 N–H and O–H groups in total. The smallest absolute Gasteiger partial charge is 0.257 e. The average Bonchev–Trinajstić information content (AvgIpc) is 2.62. The van der Waals surface area contributed by atoms with E-state index in [0.717, 1.165) is 0 Å². The van der Waals surface area contributed by atoms with Gasteiger partial charge in [0.1, 0.15) is 5.75 Å². The highest BCUT2D eigenvalue weighted by atomic mass is 35.5. The van der Waals surface area contributed by atoms with E-state index in [-0.39, 0.29) is 28.2 Å². The Labute approximate surface area is 157 Å². The molecule has 0 atom stereocenters. The van der Waals surface area contributed by atoms with Crippen LogP contribution in [-0.4, -0.2) is 43.5 Å². The first-order chi connectivity index (χ1) is 12.4. The number of aromatic hydroxyl groups is 1. The third-order valence-electron chi connectivity index (χ3n) is 4.36. The van der Waals surface area contributed by atoms with Crippen LogP contribution in [0.5, 0.6) is 5.75 Å². The van der Waals surface area contributed by atoms with Gasteiger partial charge in [0.25, 0.3) is 5.91 Å². The Balaban J connectivity index is 1.61. The molecule has 8 heteroatoms.